The molecular weight excluding hydrogens is 390 g/mol. The number of ether oxygens (including phenoxy) is 1. The predicted molar refractivity (Wildman–Crippen MR) is 116 cm³/mol. The van der Waals surface area contributed by atoms with E-state index in [1.165, 1.54) is 28.5 Å². The van der Waals surface area contributed by atoms with Crippen molar-refractivity contribution in [2.75, 3.05) is 12.4 Å². The molecule has 0 radical (unpaired) electrons. The van der Waals surface area contributed by atoms with Gasteiger partial charge in [0.05, 0.1) is 7.11 Å². The Morgan fingerprint density at radius 3 is 2.64 bits per heavy atom. The van der Waals surface area contributed by atoms with Crippen LogP contribution in [0.4, 0.5) is 5.13 Å². The number of thioether (sulfide) groups is 1. The average molecular weight is 412 g/mol. The molecule has 28 heavy (non-hydrogen) atoms. The van der Waals surface area contributed by atoms with Gasteiger partial charge in [0.25, 0.3) is 0 Å². The van der Waals surface area contributed by atoms with Crippen LogP contribution in [0.5, 0.6) is 5.75 Å². The van der Waals surface area contributed by atoms with Crippen molar-refractivity contribution in [1.82, 2.24) is 10.2 Å². The van der Waals surface area contributed by atoms with Crippen LogP contribution in [0.15, 0.2) is 52.9 Å². The molecule has 0 fully saturated rings. The fraction of sp³-hybridized carbons (Fsp3) is 0.190. The molecule has 0 spiro atoms. The molecule has 5 nitrogen and oxygen atoms in total. The van der Waals surface area contributed by atoms with Gasteiger partial charge in [-0.1, -0.05) is 64.6 Å². The first-order valence-electron chi connectivity index (χ1n) is 8.69. The van der Waals surface area contributed by atoms with Crippen LogP contribution in [0, 0.1) is 13.8 Å². The van der Waals surface area contributed by atoms with E-state index >= 15 is 0 Å². The molecule has 0 bridgehead atoms. The van der Waals surface area contributed by atoms with E-state index in [0.29, 0.717) is 5.13 Å². The van der Waals surface area contributed by atoms with Gasteiger partial charge in [0, 0.05) is 17.4 Å². The number of aryl methyl sites for hydroxylation is 2. The van der Waals surface area contributed by atoms with Gasteiger partial charge in [-0.2, -0.15) is 0 Å². The quantitative estimate of drug-likeness (QED) is 0.333. The number of amides is 1. The highest BCUT2D eigenvalue weighted by Crippen LogP contribution is 2.28. The average Bonchev–Trinajstić information content (AvgIpc) is 3.13. The molecule has 144 valence electrons. The van der Waals surface area contributed by atoms with Gasteiger partial charge in [0.15, 0.2) is 4.34 Å². The highest BCUT2D eigenvalue weighted by atomic mass is 32.2. The van der Waals surface area contributed by atoms with Crippen molar-refractivity contribution >= 4 is 40.2 Å². The molecule has 0 aliphatic heterocycles. The minimum Gasteiger partial charge on any atom is -0.496 e. The second-order valence-electron chi connectivity index (χ2n) is 6.22. The summed E-state index contributed by atoms with van der Waals surface area (Å²) in [6, 6.07) is 14.2. The first-order valence-corrected chi connectivity index (χ1v) is 10.5. The maximum absolute atomic E-state index is 12.2. The smallest absolute Gasteiger partial charge is 0.250 e. The zero-order valence-corrected chi connectivity index (χ0v) is 17.6. The minimum absolute atomic E-state index is 0.255. The summed E-state index contributed by atoms with van der Waals surface area (Å²) in [5, 5.41) is 11.4. The largest absolute Gasteiger partial charge is 0.496 e. The van der Waals surface area contributed by atoms with E-state index in [1.807, 2.05) is 25.1 Å². The van der Waals surface area contributed by atoms with E-state index in [9.17, 15) is 4.79 Å². The van der Waals surface area contributed by atoms with Crippen molar-refractivity contribution in [3.8, 4) is 5.75 Å². The van der Waals surface area contributed by atoms with Crippen LogP contribution < -0.4 is 10.1 Å². The van der Waals surface area contributed by atoms with E-state index in [1.54, 1.807) is 24.9 Å². The Morgan fingerprint density at radius 1 is 1.14 bits per heavy atom. The number of methoxy groups -OCH3 is 1. The third-order valence-electron chi connectivity index (χ3n) is 3.92. The number of rotatable bonds is 7. The number of nitrogens with one attached hydrogen (secondary N) is 1. The molecule has 0 atom stereocenters. The van der Waals surface area contributed by atoms with Gasteiger partial charge in [-0.3, -0.25) is 10.1 Å². The van der Waals surface area contributed by atoms with Crippen molar-refractivity contribution in [3.63, 3.8) is 0 Å². The van der Waals surface area contributed by atoms with Gasteiger partial charge in [0.1, 0.15) is 5.75 Å². The van der Waals surface area contributed by atoms with E-state index < -0.39 is 0 Å². The van der Waals surface area contributed by atoms with Crippen molar-refractivity contribution in [1.29, 1.82) is 0 Å². The van der Waals surface area contributed by atoms with Gasteiger partial charge in [-0.25, -0.2) is 0 Å². The molecule has 3 rings (SSSR count). The third-order valence-corrected chi connectivity index (χ3v) is 5.96. The molecule has 2 aromatic carbocycles. The number of carbonyl (C=O) groups is 1. The number of carbonyl (C=O) groups excluding carboxylic acids is 1. The molecule has 0 saturated heterocycles. The Labute approximate surface area is 172 Å². The van der Waals surface area contributed by atoms with E-state index in [4.69, 9.17) is 4.74 Å². The molecular formula is C21H21N3O2S2. The highest BCUT2D eigenvalue weighted by molar-refractivity contribution is 8.00. The van der Waals surface area contributed by atoms with E-state index in [-0.39, 0.29) is 5.91 Å². The summed E-state index contributed by atoms with van der Waals surface area (Å²) >= 11 is 2.97. The second kappa shape index (κ2) is 9.52. The summed E-state index contributed by atoms with van der Waals surface area (Å²) in [5.41, 5.74) is 4.42. The van der Waals surface area contributed by atoms with Gasteiger partial charge in [-0.05, 0) is 37.6 Å². The molecule has 1 aromatic heterocycles. The molecule has 0 aliphatic carbocycles. The zero-order valence-electron chi connectivity index (χ0n) is 15.9. The molecule has 7 heteroatoms. The van der Waals surface area contributed by atoms with Crippen LogP contribution in [-0.2, 0) is 10.5 Å². The lowest BCUT2D eigenvalue weighted by molar-refractivity contribution is -0.111. The molecule has 1 N–H and O–H groups in total. The van der Waals surface area contributed by atoms with Gasteiger partial charge in [-0.15, -0.1) is 10.2 Å². The number of benzene rings is 2. The van der Waals surface area contributed by atoms with Crippen LogP contribution in [0.25, 0.3) is 6.08 Å². The fourth-order valence-electron chi connectivity index (χ4n) is 2.44. The molecule has 1 amide bonds. The first kappa shape index (κ1) is 20.1. The molecule has 1 heterocycles. The highest BCUT2D eigenvalue weighted by Gasteiger charge is 2.08. The van der Waals surface area contributed by atoms with Crippen molar-refractivity contribution in [3.05, 3.63) is 70.8 Å². The number of anilines is 1. The summed E-state index contributed by atoms with van der Waals surface area (Å²) < 4.78 is 6.14. The van der Waals surface area contributed by atoms with Crippen LogP contribution in [0.1, 0.15) is 22.3 Å². The Bertz CT molecular complexity index is 982. The minimum atomic E-state index is -0.255. The van der Waals surface area contributed by atoms with Crippen molar-refractivity contribution in [2.45, 2.75) is 23.9 Å². The standard InChI is InChI=1S/C21H21N3O2S2/c1-14-4-7-16(8-5-14)13-27-21-24-23-20(28-21)22-19(25)11-9-17-12-15(2)6-10-18(17)26-3/h4-12H,13H2,1-3H3,(H,22,23,25)/b11-9+. The lowest BCUT2D eigenvalue weighted by Crippen LogP contribution is -2.07. The van der Waals surface area contributed by atoms with Crippen molar-refractivity contribution in [2.24, 2.45) is 0 Å². The number of aromatic nitrogens is 2. The lowest BCUT2D eigenvalue weighted by Gasteiger charge is -2.05. The first-order chi connectivity index (χ1) is 13.5. The number of hydrogen-bond acceptors (Lipinski definition) is 6. The molecule has 0 aliphatic rings. The Balaban J connectivity index is 1.56. The van der Waals surface area contributed by atoms with Crippen LogP contribution in [0.3, 0.4) is 0 Å². The normalized spacial score (nSPS) is 11.0. The van der Waals surface area contributed by atoms with Crippen LogP contribution >= 0.6 is 23.1 Å². The van der Waals surface area contributed by atoms with Crippen LogP contribution in [0.2, 0.25) is 0 Å². The predicted octanol–water partition coefficient (Wildman–Crippen LogP) is 5.11. The molecule has 0 unspecified atom stereocenters. The zero-order chi connectivity index (χ0) is 19.9. The summed E-state index contributed by atoms with van der Waals surface area (Å²) in [7, 11) is 1.61. The Morgan fingerprint density at radius 2 is 1.89 bits per heavy atom. The second-order valence-corrected chi connectivity index (χ2v) is 8.42. The Kier molecular flexibility index (Phi) is 6.84. The van der Waals surface area contributed by atoms with Crippen molar-refractivity contribution < 1.29 is 9.53 Å². The topological polar surface area (TPSA) is 64.1 Å². The summed E-state index contributed by atoms with van der Waals surface area (Å²) in [6.45, 7) is 4.06. The Hall–Kier alpha value is -2.64. The number of nitrogens with zero attached hydrogens (tertiary/aromatic N) is 2. The maximum atomic E-state index is 12.2. The third kappa shape index (κ3) is 5.68. The van der Waals surface area contributed by atoms with Gasteiger partial charge < -0.3 is 4.74 Å². The van der Waals surface area contributed by atoms with Gasteiger partial charge >= 0.3 is 0 Å². The van der Waals surface area contributed by atoms with E-state index in [0.717, 1.165) is 27.0 Å². The summed E-state index contributed by atoms with van der Waals surface area (Å²) in [6.07, 6.45) is 3.20. The van der Waals surface area contributed by atoms with Gasteiger partial charge in [0.2, 0.25) is 11.0 Å². The lowest BCUT2D eigenvalue weighted by atomic mass is 10.1. The summed E-state index contributed by atoms with van der Waals surface area (Å²) in [5.74, 6) is 1.28. The molecule has 0 saturated carbocycles. The van der Waals surface area contributed by atoms with E-state index in [2.05, 4.69) is 46.7 Å². The van der Waals surface area contributed by atoms with Crippen LogP contribution in [-0.4, -0.2) is 23.2 Å². The molecule has 3 aromatic rings. The fourth-order valence-corrected chi connectivity index (χ4v) is 4.16. The maximum Gasteiger partial charge on any atom is 0.250 e. The monoisotopic (exact) mass is 411 g/mol. The summed E-state index contributed by atoms with van der Waals surface area (Å²) in [4.78, 5) is 12.2. The number of hydrogen-bond donors (Lipinski definition) is 1. The SMILES string of the molecule is COc1ccc(C)cc1/C=C/C(=O)Nc1nnc(SCc2ccc(C)cc2)s1.